The summed E-state index contributed by atoms with van der Waals surface area (Å²) in [5.41, 5.74) is 2.05. The van der Waals surface area contributed by atoms with Crippen LogP contribution in [0.15, 0.2) is 28.7 Å². The summed E-state index contributed by atoms with van der Waals surface area (Å²) in [6.45, 7) is 3.22. The van der Waals surface area contributed by atoms with E-state index in [-0.39, 0.29) is 6.61 Å². The van der Waals surface area contributed by atoms with E-state index in [1.165, 1.54) is 0 Å². The number of thiocarbonyl (C=S) groups is 1. The van der Waals surface area contributed by atoms with E-state index in [4.69, 9.17) is 21.7 Å². The van der Waals surface area contributed by atoms with Crippen LogP contribution in [-0.4, -0.2) is 23.4 Å². The van der Waals surface area contributed by atoms with Gasteiger partial charge in [-0.1, -0.05) is 25.1 Å². The first kappa shape index (κ1) is 13.8. The van der Waals surface area contributed by atoms with Crippen LogP contribution in [0.4, 0.5) is 0 Å². The van der Waals surface area contributed by atoms with Crippen molar-refractivity contribution in [2.24, 2.45) is 0 Å². The molecule has 0 aliphatic carbocycles. The minimum absolute atomic E-state index is 0.0661. The standard InChI is InChI=1S/C14H18N2O2S/c1-2-12-11(9-16-14(19)15-7-8-17)10-5-3-4-6-13(10)18-12/h3-6,17H,2,7-9H2,1H3,(H2,15,16,19). The highest BCUT2D eigenvalue weighted by atomic mass is 32.1. The highest BCUT2D eigenvalue weighted by Gasteiger charge is 2.12. The summed E-state index contributed by atoms with van der Waals surface area (Å²) < 4.78 is 5.82. The molecule has 0 unspecified atom stereocenters. The zero-order valence-electron chi connectivity index (χ0n) is 10.9. The lowest BCUT2D eigenvalue weighted by Crippen LogP contribution is -2.36. The van der Waals surface area contributed by atoms with Crippen molar-refractivity contribution in [3.63, 3.8) is 0 Å². The van der Waals surface area contributed by atoms with Gasteiger partial charge in [0.1, 0.15) is 11.3 Å². The Hall–Kier alpha value is -1.59. The van der Waals surface area contributed by atoms with Crippen LogP contribution in [0, 0.1) is 0 Å². The highest BCUT2D eigenvalue weighted by molar-refractivity contribution is 7.80. The van der Waals surface area contributed by atoms with Crippen molar-refractivity contribution in [2.75, 3.05) is 13.2 Å². The van der Waals surface area contributed by atoms with Gasteiger partial charge in [-0.2, -0.15) is 0 Å². The summed E-state index contributed by atoms with van der Waals surface area (Å²) in [4.78, 5) is 0. The lowest BCUT2D eigenvalue weighted by atomic mass is 10.1. The molecule has 2 rings (SSSR count). The number of fused-ring (bicyclic) bond motifs is 1. The second kappa shape index (κ2) is 6.54. The van der Waals surface area contributed by atoms with Crippen molar-refractivity contribution in [1.82, 2.24) is 10.6 Å². The number of aryl methyl sites for hydroxylation is 1. The summed E-state index contributed by atoms with van der Waals surface area (Å²) in [6.07, 6.45) is 0.850. The zero-order valence-corrected chi connectivity index (χ0v) is 11.7. The number of furan rings is 1. The monoisotopic (exact) mass is 278 g/mol. The van der Waals surface area contributed by atoms with Crippen LogP contribution in [-0.2, 0) is 13.0 Å². The maximum Gasteiger partial charge on any atom is 0.166 e. The predicted molar refractivity (Wildman–Crippen MR) is 80.1 cm³/mol. The quantitative estimate of drug-likeness (QED) is 0.730. The van der Waals surface area contributed by atoms with Crippen LogP contribution in [0.25, 0.3) is 11.0 Å². The average Bonchev–Trinajstić information content (AvgIpc) is 2.80. The molecule has 0 radical (unpaired) electrons. The molecule has 19 heavy (non-hydrogen) atoms. The molecule has 4 nitrogen and oxygen atoms in total. The summed E-state index contributed by atoms with van der Waals surface area (Å²) in [5.74, 6) is 0.985. The fourth-order valence-electron chi connectivity index (χ4n) is 2.03. The van der Waals surface area contributed by atoms with E-state index in [9.17, 15) is 0 Å². The average molecular weight is 278 g/mol. The molecule has 1 heterocycles. The van der Waals surface area contributed by atoms with Gasteiger partial charge in [0.05, 0.1) is 6.61 Å². The molecular weight excluding hydrogens is 260 g/mol. The van der Waals surface area contributed by atoms with Crippen molar-refractivity contribution in [1.29, 1.82) is 0 Å². The number of benzene rings is 1. The highest BCUT2D eigenvalue weighted by Crippen LogP contribution is 2.26. The number of aliphatic hydroxyl groups excluding tert-OH is 1. The molecule has 1 aromatic carbocycles. The van der Waals surface area contributed by atoms with Crippen LogP contribution in [0.3, 0.4) is 0 Å². The van der Waals surface area contributed by atoms with Gasteiger partial charge in [-0.3, -0.25) is 0 Å². The van der Waals surface area contributed by atoms with E-state index in [0.717, 1.165) is 28.7 Å². The number of aliphatic hydroxyl groups is 1. The smallest absolute Gasteiger partial charge is 0.166 e. The minimum Gasteiger partial charge on any atom is -0.461 e. The van der Waals surface area contributed by atoms with Gasteiger partial charge >= 0.3 is 0 Å². The Morgan fingerprint density at radius 2 is 2.11 bits per heavy atom. The zero-order chi connectivity index (χ0) is 13.7. The molecule has 0 atom stereocenters. The molecule has 2 aromatic rings. The fourth-order valence-corrected chi connectivity index (χ4v) is 2.20. The predicted octanol–water partition coefficient (Wildman–Crippen LogP) is 1.95. The van der Waals surface area contributed by atoms with Crippen molar-refractivity contribution in [2.45, 2.75) is 19.9 Å². The number of rotatable bonds is 5. The Kier molecular flexibility index (Phi) is 4.76. The Bertz CT molecular complexity index is 566. The van der Waals surface area contributed by atoms with Crippen LogP contribution >= 0.6 is 12.2 Å². The van der Waals surface area contributed by atoms with Gasteiger partial charge in [0, 0.05) is 30.5 Å². The third kappa shape index (κ3) is 3.24. The lowest BCUT2D eigenvalue weighted by molar-refractivity contribution is 0.300. The summed E-state index contributed by atoms with van der Waals surface area (Å²) in [7, 11) is 0. The largest absolute Gasteiger partial charge is 0.461 e. The van der Waals surface area contributed by atoms with Gasteiger partial charge < -0.3 is 20.2 Å². The van der Waals surface area contributed by atoms with E-state index >= 15 is 0 Å². The molecule has 0 aliphatic rings. The van der Waals surface area contributed by atoms with Gasteiger partial charge in [0.15, 0.2) is 5.11 Å². The molecule has 0 fully saturated rings. The lowest BCUT2D eigenvalue weighted by Gasteiger charge is -2.09. The Morgan fingerprint density at radius 1 is 1.32 bits per heavy atom. The number of nitrogens with one attached hydrogen (secondary N) is 2. The Labute approximate surface area is 117 Å². The molecule has 102 valence electrons. The fraction of sp³-hybridized carbons (Fsp3) is 0.357. The van der Waals surface area contributed by atoms with Crippen molar-refractivity contribution >= 4 is 28.3 Å². The topological polar surface area (TPSA) is 57.4 Å². The van der Waals surface area contributed by atoms with E-state index in [1.807, 2.05) is 18.2 Å². The van der Waals surface area contributed by atoms with Gasteiger partial charge in [-0.05, 0) is 18.3 Å². The molecule has 0 saturated carbocycles. The van der Waals surface area contributed by atoms with Crippen molar-refractivity contribution in [3.05, 3.63) is 35.6 Å². The third-order valence-electron chi connectivity index (χ3n) is 2.93. The first-order valence-corrected chi connectivity index (χ1v) is 6.79. The van der Waals surface area contributed by atoms with Crippen LogP contribution in [0.5, 0.6) is 0 Å². The van der Waals surface area contributed by atoms with Crippen molar-refractivity contribution < 1.29 is 9.52 Å². The molecule has 1 aromatic heterocycles. The van der Waals surface area contributed by atoms with Crippen LogP contribution in [0.2, 0.25) is 0 Å². The molecule has 0 saturated heterocycles. The van der Waals surface area contributed by atoms with Gasteiger partial charge in [0.25, 0.3) is 0 Å². The Balaban J connectivity index is 2.13. The number of hydrogen-bond acceptors (Lipinski definition) is 3. The Morgan fingerprint density at radius 3 is 2.84 bits per heavy atom. The molecule has 0 spiro atoms. The number of para-hydroxylation sites is 1. The molecule has 3 N–H and O–H groups in total. The minimum atomic E-state index is 0.0661. The summed E-state index contributed by atoms with van der Waals surface area (Å²) in [5, 5.41) is 16.4. The molecule has 0 amide bonds. The van der Waals surface area contributed by atoms with E-state index in [2.05, 4.69) is 23.6 Å². The van der Waals surface area contributed by atoms with Gasteiger partial charge in [-0.15, -0.1) is 0 Å². The second-order valence-corrected chi connectivity index (χ2v) is 4.59. The molecular formula is C14H18N2O2S. The molecule has 5 heteroatoms. The third-order valence-corrected chi connectivity index (χ3v) is 3.21. The van der Waals surface area contributed by atoms with E-state index < -0.39 is 0 Å². The van der Waals surface area contributed by atoms with Crippen molar-refractivity contribution in [3.8, 4) is 0 Å². The van der Waals surface area contributed by atoms with E-state index in [1.54, 1.807) is 0 Å². The number of hydrogen-bond donors (Lipinski definition) is 3. The van der Waals surface area contributed by atoms with Gasteiger partial charge in [-0.25, -0.2) is 0 Å². The van der Waals surface area contributed by atoms with Gasteiger partial charge in [0.2, 0.25) is 0 Å². The second-order valence-electron chi connectivity index (χ2n) is 4.19. The van der Waals surface area contributed by atoms with Crippen LogP contribution < -0.4 is 10.6 Å². The normalized spacial score (nSPS) is 10.6. The maximum atomic E-state index is 8.73. The van der Waals surface area contributed by atoms with Crippen LogP contribution in [0.1, 0.15) is 18.2 Å². The SMILES string of the molecule is CCc1oc2ccccc2c1CNC(=S)NCCO. The van der Waals surface area contributed by atoms with E-state index in [0.29, 0.717) is 18.2 Å². The summed E-state index contributed by atoms with van der Waals surface area (Å²) in [6, 6.07) is 8.00. The first-order chi connectivity index (χ1) is 9.26. The first-order valence-electron chi connectivity index (χ1n) is 6.38. The molecule has 0 bridgehead atoms. The summed E-state index contributed by atoms with van der Waals surface area (Å²) >= 11 is 5.13. The molecule has 0 aliphatic heterocycles. The maximum absolute atomic E-state index is 8.73.